The van der Waals surface area contributed by atoms with E-state index in [4.69, 9.17) is 9.84 Å². The molecule has 0 amide bonds. The van der Waals surface area contributed by atoms with Gasteiger partial charge in [0.25, 0.3) is 0 Å². The smallest absolute Gasteiger partial charge is 0.238 e. The lowest BCUT2D eigenvalue weighted by Gasteiger charge is -2.06. The average molecular weight is 331 g/mol. The van der Waals surface area contributed by atoms with Crippen LogP contribution in [0.4, 0.5) is 0 Å². The number of hydrogen-bond donors (Lipinski definition) is 1. The molecule has 0 radical (unpaired) electrons. The molecule has 0 spiro atoms. The second-order valence-electron chi connectivity index (χ2n) is 4.26. The van der Waals surface area contributed by atoms with Gasteiger partial charge in [0, 0.05) is 4.47 Å². The summed E-state index contributed by atoms with van der Waals surface area (Å²) in [7, 11) is 0. The van der Waals surface area contributed by atoms with E-state index in [1.54, 1.807) is 0 Å². The van der Waals surface area contributed by atoms with Crippen molar-refractivity contribution in [3.05, 3.63) is 59.0 Å². The van der Waals surface area contributed by atoms with Gasteiger partial charge in [-0.15, -0.1) is 0 Å². The molecule has 3 rings (SSSR count). The number of aromatic nitrogens is 2. The van der Waals surface area contributed by atoms with Crippen LogP contribution < -0.4 is 4.74 Å². The Kier molecular flexibility index (Phi) is 3.62. The molecular weight excluding hydrogens is 320 g/mol. The van der Waals surface area contributed by atoms with E-state index < -0.39 is 0 Å². The molecule has 0 bridgehead atoms. The minimum absolute atomic E-state index is 0.157. The van der Waals surface area contributed by atoms with Crippen LogP contribution in [0.15, 0.2) is 53.3 Å². The summed E-state index contributed by atoms with van der Waals surface area (Å²) in [6, 6.07) is 11.8. The summed E-state index contributed by atoms with van der Waals surface area (Å²) in [6.07, 6.45) is 3.02. The maximum Gasteiger partial charge on any atom is 0.238 e. The van der Waals surface area contributed by atoms with Crippen LogP contribution in [-0.4, -0.2) is 15.1 Å². The third-order valence-electron chi connectivity index (χ3n) is 2.82. The summed E-state index contributed by atoms with van der Waals surface area (Å²) in [5, 5.41) is 11.2. The zero-order valence-electron chi connectivity index (χ0n) is 10.5. The fourth-order valence-electron chi connectivity index (χ4n) is 1.89. The molecule has 0 fully saturated rings. The van der Waals surface area contributed by atoms with Crippen molar-refractivity contribution in [2.45, 2.75) is 6.61 Å². The molecule has 0 aliphatic heterocycles. The molecule has 5 heteroatoms. The fraction of sp³-hybridized carbons (Fsp3) is 0.0667. The number of hydrogen-bond acceptors (Lipinski definition) is 4. The van der Waals surface area contributed by atoms with E-state index in [1.165, 1.54) is 12.4 Å². The van der Waals surface area contributed by atoms with Gasteiger partial charge in [0.05, 0.1) is 24.7 Å². The highest BCUT2D eigenvalue weighted by Gasteiger charge is 2.03. The van der Waals surface area contributed by atoms with Crippen LogP contribution in [0.2, 0.25) is 0 Å². The van der Waals surface area contributed by atoms with Gasteiger partial charge in [-0.3, -0.25) is 4.98 Å². The first-order valence-corrected chi connectivity index (χ1v) is 6.83. The van der Waals surface area contributed by atoms with Crippen LogP contribution in [0.25, 0.3) is 10.8 Å². The second kappa shape index (κ2) is 5.56. The molecule has 1 heterocycles. The van der Waals surface area contributed by atoms with Gasteiger partial charge < -0.3 is 9.84 Å². The molecule has 1 aromatic heterocycles. The van der Waals surface area contributed by atoms with Gasteiger partial charge in [-0.1, -0.05) is 28.1 Å². The number of halogens is 1. The molecule has 2 aromatic carbocycles. The highest BCUT2D eigenvalue weighted by molar-refractivity contribution is 9.10. The van der Waals surface area contributed by atoms with Crippen molar-refractivity contribution in [1.29, 1.82) is 0 Å². The Balaban J connectivity index is 1.92. The Morgan fingerprint density at radius 2 is 1.85 bits per heavy atom. The normalized spacial score (nSPS) is 10.7. The van der Waals surface area contributed by atoms with E-state index >= 15 is 0 Å². The SMILES string of the molecule is OCc1cncc(Oc2ccc3cc(Br)ccc3c2)n1. The predicted molar refractivity (Wildman–Crippen MR) is 79.7 cm³/mol. The van der Waals surface area contributed by atoms with Crippen LogP contribution >= 0.6 is 15.9 Å². The van der Waals surface area contributed by atoms with Crippen LogP contribution in [0.1, 0.15) is 5.69 Å². The Labute approximate surface area is 124 Å². The molecule has 0 aliphatic rings. The van der Waals surface area contributed by atoms with Crippen LogP contribution in [0, 0.1) is 0 Å². The lowest BCUT2D eigenvalue weighted by atomic mass is 10.1. The first-order valence-electron chi connectivity index (χ1n) is 6.03. The first kappa shape index (κ1) is 13.0. The molecule has 0 saturated carbocycles. The number of nitrogens with zero attached hydrogens (tertiary/aromatic N) is 2. The van der Waals surface area contributed by atoms with E-state index in [9.17, 15) is 0 Å². The molecule has 0 saturated heterocycles. The van der Waals surface area contributed by atoms with Crippen molar-refractivity contribution in [1.82, 2.24) is 9.97 Å². The van der Waals surface area contributed by atoms with Crippen LogP contribution in [0.5, 0.6) is 11.6 Å². The van der Waals surface area contributed by atoms with Crippen molar-refractivity contribution in [2.24, 2.45) is 0 Å². The maximum absolute atomic E-state index is 9.03. The van der Waals surface area contributed by atoms with E-state index in [1.807, 2.05) is 36.4 Å². The van der Waals surface area contributed by atoms with Gasteiger partial charge in [0.1, 0.15) is 5.75 Å². The highest BCUT2D eigenvalue weighted by atomic mass is 79.9. The highest BCUT2D eigenvalue weighted by Crippen LogP contribution is 2.26. The van der Waals surface area contributed by atoms with Crippen molar-refractivity contribution in [2.75, 3.05) is 0 Å². The second-order valence-corrected chi connectivity index (χ2v) is 5.18. The fourth-order valence-corrected chi connectivity index (χ4v) is 2.27. The first-order chi connectivity index (χ1) is 9.74. The zero-order chi connectivity index (χ0) is 13.9. The summed E-state index contributed by atoms with van der Waals surface area (Å²) in [5.41, 5.74) is 0.479. The third kappa shape index (κ3) is 2.79. The zero-order valence-corrected chi connectivity index (χ0v) is 12.0. The standard InChI is InChI=1S/C15H11BrN2O2/c16-12-3-1-11-6-14(4-2-10(11)5-12)20-15-8-17-7-13(9-19)18-15/h1-8,19H,9H2. The summed E-state index contributed by atoms with van der Waals surface area (Å²) in [6.45, 7) is -0.157. The van der Waals surface area contributed by atoms with Gasteiger partial charge >= 0.3 is 0 Å². The van der Waals surface area contributed by atoms with Crippen molar-refractivity contribution in [3.8, 4) is 11.6 Å². The number of rotatable bonds is 3. The lowest BCUT2D eigenvalue weighted by molar-refractivity contribution is 0.274. The minimum atomic E-state index is -0.157. The van der Waals surface area contributed by atoms with E-state index in [2.05, 4.69) is 25.9 Å². The largest absolute Gasteiger partial charge is 0.437 e. The molecule has 4 nitrogen and oxygen atoms in total. The Morgan fingerprint density at radius 3 is 2.70 bits per heavy atom. The Bertz CT molecular complexity index is 762. The molecule has 1 N–H and O–H groups in total. The van der Waals surface area contributed by atoms with Crippen LogP contribution in [0.3, 0.4) is 0 Å². The number of fused-ring (bicyclic) bond motifs is 1. The molecule has 3 aromatic rings. The minimum Gasteiger partial charge on any atom is -0.437 e. The van der Waals surface area contributed by atoms with Crippen molar-refractivity contribution in [3.63, 3.8) is 0 Å². The monoisotopic (exact) mass is 330 g/mol. The van der Waals surface area contributed by atoms with E-state index in [0.717, 1.165) is 15.2 Å². The summed E-state index contributed by atoms with van der Waals surface area (Å²) >= 11 is 3.45. The van der Waals surface area contributed by atoms with Crippen molar-refractivity contribution < 1.29 is 9.84 Å². The lowest BCUT2D eigenvalue weighted by Crippen LogP contribution is -1.94. The maximum atomic E-state index is 9.03. The number of benzene rings is 2. The average Bonchev–Trinajstić information content (AvgIpc) is 2.47. The van der Waals surface area contributed by atoms with Gasteiger partial charge in [0.15, 0.2) is 0 Å². The molecular formula is C15H11BrN2O2. The summed E-state index contributed by atoms with van der Waals surface area (Å²) in [4.78, 5) is 8.11. The quantitative estimate of drug-likeness (QED) is 0.795. The molecule has 100 valence electrons. The van der Waals surface area contributed by atoms with Gasteiger partial charge in [-0.25, -0.2) is 4.98 Å². The molecule has 0 atom stereocenters. The molecule has 0 aliphatic carbocycles. The predicted octanol–water partition coefficient (Wildman–Crippen LogP) is 3.68. The topological polar surface area (TPSA) is 55.2 Å². The van der Waals surface area contributed by atoms with Crippen molar-refractivity contribution >= 4 is 26.7 Å². The Morgan fingerprint density at radius 1 is 1.05 bits per heavy atom. The van der Waals surface area contributed by atoms with Gasteiger partial charge in [0.2, 0.25) is 5.88 Å². The van der Waals surface area contributed by atoms with Gasteiger partial charge in [-0.2, -0.15) is 0 Å². The van der Waals surface area contributed by atoms with Gasteiger partial charge in [-0.05, 0) is 35.0 Å². The van der Waals surface area contributed by atoms with E-state index in [0.29, 0.717) is 17.3 Å². The number of aliphatic hydroxyl groups excluding tert-OH is 1. The van der Waals surface area contributed by atoms with E-state index in [-0.39, 0.29) is 6.61 Å². The number of ether oxygens (including phenoxy) is 1. The molecule has 20 heavy (non-hydrogen) atoms. The molecule has 0 unspecified atom stereocenters. The number of aliphatic hydroxyl groups is 1. The third-order valence-corrected chi connectivity index (χ3v) is 3.31. The Hall–Kier alpha value is -1.98. The summed E-state index contributed by atoms with van der Waals surface area (Å²) < 4.78 is 6.70. The van der Waals surface area contributed by atoms with Crippen LogP contribution in [-0.2, 0) is 6.61 Å². The summed E-state index contributed by atoms with van der Waals surface area (Å²) in [5.74, 6) is 1.05.